The fourth-order valence-electron chi connectivity index (χ4n) is 1.61. The lowest BCUT2D eigenvalue weighted by atomic mass is 10.1. The molecule has 2 aliphatic rings. The van der Waals surface area contributed by atoms with Crippen LogP contribution in [0.15, 0.2) is 4.99 Å². The molecule has 0 aromatic carbocycles. The molecule has 1 radical (unpaired) electrons. The van der Waals surface area contributed by atoms with Crippen molar-refractivity contribution in [3.05, 3.63) is 6.42 Å². The van der Waals surface area contributed by atoms with Gasteiger partial charge in [-0.25, -0.2) is 0 Å². The highest BCUT2D eigenvalue weighted by molar-refractivity contribution is 5.58. The molecule has 3 nitrogen and oxygen atoms in total. The Morgan fingerprint density at radius 2 is 2.67 bits per heavy atom. The molecule has 0 bridgehead atoms. The predicted molar refractivity (Wildman–Crippen MR) is 48.2 cm³/mol. The van der Waals surface area contributed by atoms with Crippen molar-refractivity contribution in [2.45, 2.75) is 25.5 Å². The lowest BCUT2D eigenvalue weighted by Gasteiger charge is -2.24. The molecule has 1 saturated heterocycles. The largest absolute Gasteiger partial charge is 0.371 e. The highest BCUT2D eigenvalue weighted by atomic mass is 16.6. The second-order valence-electron chi connectivity index (χ2n) is 3.27. The molecule has 0 saturated carbocycles. The van der Waals surface area contributed by atoms with Crippen LogP contribution in [0.3, 0.4) is 0 Å². The number of aliphatic imine (C=N–C) groups is 1. The molecule has 2 aliphatic heterocycles. The number of hydrogen-bond acceptors (Lipinski definition) is 3. The van der Waals surface area contributed by atoms with E-state index in [9.17, 15) is 0 Å². The molecular formula is C9H15N2O. The summed E-state index contributed by atoms with van der Waals surface area (Å²) in [7, 11) is 0. The average molecular weight is 167 g/mol. The Kier molecular flexibility index (Phi) is 2.30. The van der Waals surface area contributed by atoms with E-state index in [0.29, 0.717) is 12.1 Å². The molecule has 0 aromatic rings. The summed E-state index contributed by atoms with van der Waals surface area (Å²) in [5.41, 5.74) is 0. The van der Waals surface area contributed by atoms with Crippen LogP contribution in [0.4, 0.5) is 0 Å². The second-order valence-corrected chi connectivity index (χ2v) is 3.27. The highest BCUT2D eigenvalue weighted by Gasteiger charge is 2.35. The summed E-state index contributed by atoms with van der Waals surface area (Å²) in [5, 5.41) is 0. The summed E-state index contributed by atoms with van der Waals surface area (Å²) in [6, 6.07) is 0.473. The molecule has 2 atom stereocenters. The minimum atomic E-state index is 0.439. The molecule has 67 valence electrons. The molecule has 3 heteroatoms. The van der Waals surface area contributed by atoms with E-state index in [1.165, 1.54) is 0 Å². The topological polar surface area (TPSA) is 28.1 Å². The van der Waals surface area contributed by atoms with Crippen molar-refractivity contribution in [3.8, 4) is 0 Å². The third-order valence-electron chi connectivity index (χ3n) is 2.32. The minimum absolute atomic E-state index is 0.439. The van der Waals surface area contributed by atoms with E-state index in [2.05, 4.69) is 23.2 Å². The van der Waals surface area contributed by atoms with Crippen LogP contribution in [-0.2, 0) is 4.74 Å². The van der Waals surface area contributed by atoms with E-state index in [1.54, 1.807) is 0 Å². The van der Waals surface area contributed by atoms with Crippen LogP contribution in [0.25, 0.3) is 0 Å². The maximum atomic E-state index is 5.30. The first-order chi connectivity index (χ1) is 5.92. The first kappa shape index (κ1) is 8.05. The van der Waals surface area contributed by atoms with Gasteiger partial charge in [0.1, 0.15) is 6.10 Å². The van der Waals surface area contributed by atoms with Crippen LogP contribution in [0.1, 0.15) is 13.3 Å². The van der Waals surface area contributed by atoms with Crippen molar-refractivity contribution in [1.29, 1.82) is 0 Å². The third-order valence-corrected chi connectivity index (χ3v) is 2.32. The summed E-state index contributed by atoms with van der Waals surface area (Å²) < 4.78 is 5.30. The molecule has 1 fully saturated rings. The molecule has 0 spiro atoms. The van der Waals surface area contributed by atoms with Crippen LogP contribution in [-0.4, -0.2) is 43.1 Å². The van der Waals surface area contributed by atoms with Crippen LogP contribution in [0, 0.1) is 6.42 Å². The van der Waals surface area contributed by atoms with Crippen LogP contribution < -0.4 is 0 Å². The number of nitrogens with zero attached hydrogens (tertiary/aromatic N) is 2. The molecule has 2 heterocycles. The van der Waals surface area contributed by atoms with E-state index >= 15 is 0 Å². The summed E-state index contributed by atoms with van der Waals surface area (Å²) in [4.78, 5) is 6.48. The molecular weight excluding hydrogens is 152 g/mol. The van der Waals surface area contributed by atoms with Gasteiger partial charge in [-0.1, -0.05) is 13.3 Å². The van der Waals surface area contributed by atoms with Crippen LogP contribution in [0.2, 0.25) is 0 Å². The second kappa shape index (κ2) is 3.44. The Hall–Kier alpha value is -0.570. The third kappa shape index (κ3) is 1.61. The summed E-state index contributed by atoms with van der Waals surface area (Å²) >= 11 is 0. The van der Waals surface area contributed by atoms with Gasteiger partial charge in [0.25, 0.3) is 0 Å². The van der Waals surface area contributed by atoms with Gasteiger partial charge in [0.05, 0.1) is 25.5 Å². The van der Waals surface area contributed by atoms with Crippen molar-refractivity contribution in [2.24, 2.45) is 4.99 Å². The van der Waals surface area contributed by atoms with Crippen molar-refractivity contribution in [3.63, 3.8) is 0 Å². The number of epoxide rings is 1. The summed E-state index contributed by atoms with van der Waals surface area (Å²) in [6.07, 6.45) is 5.82. The molecule has 0 amide bonds. The average Bonchev–Trinajstić information content (AvgIpc) is 2.77. The molecule has 2 unspecified atom stereocenters. The zero-order chi connectivity index (χ0) is 8.39. The minimum Gasteiger partial charge on any atom is -0.371 e. The normalized spacial score (nSPS) is 29.4. The Morgan fingerprint density at radius 1 is 1.83 bits per heavy atom. The predicted octanol–water partition coefficient (Wildman–Crippen LogP) is 0.712. The monoisotopic (exact) mass is 167 g/mol. The van der Waals surface area contributed by atoms with Crippen LogP contribution in [0.5, 0.6) is 0 Å². The van der Waals surface area contributed by atoms with Gasteiger partial charge in [0.15, 0.2) is 0 Å². The van der Waals surface area contributed by atoms with Gasteiger partial charge in [-0.2, -0.15) is 0 Å². The van der Waals surface area contributed by atoms with Gasteiger partial charge in [0, 0.05) is 6.54 Å². The van der Waals surface area contributed by atoms with E-state index < -0.39 is 0 Å². The quantitative estimate of drug-likeness (QED) is 0.577. The fourth-order valence-corrected chi connectivity index (χ4v) is 1.61. The van der Waals surface area contributed by atoms with Gasteiger partial charge in [-0.3, -0.25) is 4.99 Å². The van der Waals surface area contributed by atoms with Gasteiger partial charge < -0.3 is 9.64 Å². The van der Waals surface area contributed by atoms with Gasteiger partial charge >= 0.3 is 0 Å². The summed E-state index contributed by atoms with van der Waals surface area (Å²) in [6.45, 7) is 5.09. The van der Waals surface area contributed by atoms with Gasteiger partial charge in [-0.15, -0.1) is 0 Å². The fraction of sp³-hybridized carbons (Fsp3) is 0.778. The van der Waals surface area contributed by atoms with E-state index in [-0.39, 0.29) is 0 Å². The van der Waals surface area contributed by atoms with E-state index in [0.717, 1.165) is 26.1 Å². The van der Waals surface area contributed by atoms with Crippen molar-refractivity contribution in [1.82, 2.24) is 4.90 Å². The smallest absolute Gasteiger partial charge is 0.102 e. The SMILES string of the molecule is CC[CH]C(C1CO1)N1C=NCC1. The number of ether oxygens (including phenoxy) is 1. The molecule has 12 heavy (non-hydrogen) atoms. The van der Waals surface area contributed by atoms with Crippen molar-refractivity contribution >= 4 is 6.34 Å². The van der Waals surface area contributed by atoms with E-state index in [4.69, 9.17) is 4.74 Å². The zero-order valence-corrected chi connectivity index (χ0v) is 7.44. The Labute approximate surface area is 73.4 Å². The van der Waals surface area contributed by atoms with Crippen molar-refractivity contribution in [2.75, 3.05) is 19.7 Å². The lowest BCUT2D eigenvalue weighted by Crippen LogP contribution is -2.37. The highest BCUT2D eigenvalue weighted by Crippen LogP contribution is 2.22. The Balaban J connectivity index is 1.90. The first-order valence-electron chi connectivity index (χ1n) is 4.62. The standard InChI is InChI=1S/C9H15N2O/c1-2-3-8(9-6-12-9)11-5-4-10-7-11/h3,7-9H,2,4-6H2,1H3. The summed E-state index contributed by atoms with van der Waals surface area (Å²) in [5.74, 6) is 0. The maximum absolute atomic E-state index is 5.30. The molecule has 0 N–H and O–H groups in total. The number of hydrogen-bond donors (Lipinski definition) is 0. The lowest BCUT2D eigenvalue weighted by molar-refractivity contribution is 0.283. The van der Waals surface area contributed by atoms with E-state index in [1.807, 2.05) is 6.34 Å². The Bertz CT molecular complexity index is 177. The van der Waals surface area contributed by atoms with Gasteiger partial charge in [0.2, 0.25) is 0 Å². The molecule has 2 rings (SSSR count). The van der Waals surface area contributed by atoms with Crippen LogP contribution >= 0.6 is 0 Å². The molecule has 0 aliphatic carbocycles. The van der Waals surface area contributed by atoms with Crippen molar-refractivity contribution < 1.29 is 4.74 Å². The zero-order valence-electron chi connectivity index (χ0n) is 7.44. The maximum Gasteiger partial charge on any atom is 0.102 e. The van der Waals surface area contributed by atoms with Gasteiger partial charge in [-0.05, 0) is 6.42 Å². The Morgan fingerprint density at radius 3 is 3.17 bits per heavy atom. The first-order valence-corrected chi connectivity index (χ1v) is 4.62. The number of rotatable bonds is 4. The molecule has 0 aromatic heterocycles.